The Morgan fingerprint density at radius 3 is 2.83 bits per heavy atom. The van der Waals surface area contributed by atoms with E-state index >= 15 is 0 Å². The van der Waals surface area contributed by atoms with Gasteiger partial charge in [0.25, 0.3) is 0 Å². The molecule has 1 N–H and O–H groups in total. The Morgan fingerprint density at radius 1 is 1.26 bits per heavy atom. The van der Waals surface area contributed by atoms with Crippen LogP contribution in [0.5, 0.6) is 0 Å². The number of Topliss-reactive ketones (excluding diaryl/α,β-unsaturated/α-hetero) is 1. The highest BCUT2D eigenvalue weighted by atomic mass is 16.5. The van der Waals surface area contributed by atoms with Crippen LogP contribution in [0.15, 0.2) is 0 Å². The van der Waals surface area contributed by atoms with Crippen molar-refractivity contribution < 1.29 is 9.53 Å². The molecule has 6 nitrogen and oxygen atoms in total. The summed E-state index contributed by atoms with van der Waals surface area (Å²) >= 11 is 0. The maximum atomic E-state index is 12.1. The molecule has 1 atom stereocenters. The number of anilines is 1. The lowest BCUT2D eigenvalue weighted by molar-refractivity contribution is 0.0378. The third-order valence-electron chi connectivity index (χ3n) is 4.56. The smallest absolute Gasteiger partial charge is 0.223 e. The number of aryl methyl sites for hydroxylation is 1. The maximum absolute atomic E-state index is 12.1. The molecule has 0 spiro atoms. The van der Waals surface area contributed by atoms with Crippen LogP contribution in [0.3, 0.4) is 0 Å². The van der Waals surface area contributed by atoms with Crippen molar-refractivity contribution in [1.82, 2.24) is 14.9 Å². The van der Waals surface area contributed by atoms with Gasteiger partial charge in [-0.15, -0.1) is 0 Å². The largest absolute Gasteiger partial charge is 0.379 e. The van der Waals surface area contributed by atoms with Crippen molar-refractivity contribution in [2.45, 2.75) is 33.1 Å². The van der Waals surface area contributed by atoms with E-state index < -0.39 is 0 Å². The van der Waals surface area contributed by atoms with E-state index in [-0.39, 0.29) is 5.78 Å². The highest BCUT2D eigenvalue weighted by Crippen LogP contribution is 2.26. The van der Waals surface area contributed by atoms with Gasteiger partial charge in [-0.3, -0.25) is 9.69 Å². The molecule has 0 radical (unpaired) electrons. The number of nitrogens with zero attached hydrogens (tertiary/aromatic N) is 3. The fraction of sp³-hybridized carbons (Fsp3) is 0.706. The molecule has 1 aliphatic carbocycles. The van der Waals surface area contributed by atoms with E-state index in [1.807, 2.05) is 6.92 Å². The van der Waals surface area contributed by atoms with E-state index in [2.05, 4.69) is 27.1 Å². The van der Waals surface area contributed by atoms with Crippen molar-refractivity contribution in [3.05, 3.63) is 17.0 Å². The molecule has 6 heteroatoms. The highest BCUT2D eigenvalue weighted by molar-refractivity contribution is 5.99. The third kappa shape index (κ3) is 4.06. The number of aromatic nitrogens is 2. The predicted molar refractivity (Wildman–Crippen MR) is 89.0 cm³/mol. The minimum atomic E-state index is 0.190. The molecule has 2 heterocycles. The van der Waals surface area contributed by atoms with Crippen molar-refractivity contribution >= 4 is 11.7 Å². The molecule has 1 fully saturated rings. The number of morpholine rings is 1. The van der Waals surface area contributed by atoms with Crippen LogP contribution in [-0.2, 0) is 11.2 Å². The van der Waals surface area contributed by atoms with Gasteiger partial charge in [0.15, 0.2) is 5.78 Å². The molecule has 3 rings (SSSR count). The normalized spacial score (nSPS) is 22.0. The second-order valence-corrected chi connectivity index (χ2v) is 6.63. The molecule has 0 amide bonds. The summed E-state index contributed by atoms with van der Waals surface area (Å²) in [5.74, 6) is 1.22. The molecule has 0 bridgehead atoms. The number of ketones is 1. The summed E-state index contributed by atoms with van der Waals surface area (Å²) in [5.41, 5.74) is 2.47. The van der Waals surface area contributed by atoms with Crippen LogP contribution < -0.4 is 5.32 Å². The van der Waals surface area contributed by atoms with E-state index in [0.29, 0.717) is 18.3 Å². The number of carbonyl (C=O) groups excluding carboxylic acids is 1. The standard InChI is InChI=1S/C17H26N4O2/c1-12-10-14-16(15(22)11-12)13(2)19-17(20-14)18-4-3-5-21-6-8-23-9-7-21/h12H,3-11H2,1-2H3,(H,18,19,20). The molecule has 1 aromatic rings. The zero-order valence-corrected chi connectivity index (χ0v) is 14.1. The van der Waals surface area contributed by atoms with Crippen molar-refractivity contribution in [3.63, 3.8) is 0 Å². The molecule has 23 heavy (non-hydrogen) atoms. The Labute approximate surface area is 137 Å². The zero-order chi connectivity index (χ0) is 16.2. The highest BCUT2D eigenvalue weighted by Gasteiger charge is 2.26. The molecule has 126 valence electrons. The summed E-state index contributed by atoms with van der Waals surface area (Å²) < 4.78 is 5.35. The van der Waals surface area contributed by atoms with Crippen LogP contribution >= 0.6 is 0 Å². The lowest BCUT2D eigenvalue weighted by Gasteiger charge is -2.26. The number of rotatable bonds is 5. The number of carbonyl (C=O) groups is 1. The van der Waals surface area contributed by atoms with Crippen LogP contribution in [-0.4, -0.2) is 60.0 Å². The number of hydrogen-bond donors (Lipinski definition) is 1. The number of fused-ring (bicyclic) bond motifs is 1. The average molecular weight is 318 g/mol. The van der Waals surface area contributed by atoms with Gasteiger partial charge in [0, 0.05) is 26.1 Å². The molecule has 0 saturated carbocycles. The van der Waals surface area contributed by atoms with Gasteiger partial charge in [0.1, 0.15) is 0 Å². The van der Waals surface area contributed by atoms with Crippen molar-refractivity contribution in [1.29, 1.82) is 0 Å². The lowest BCUT2D eigenvalue weighted by atomic mass is 9.86. The Bertz CT molecular complexity index is 570. The quantitative estimate of drug-likeness (QED) is 0.833. The zero-order valence-electron chi connectivity index (χ0n) is 14.1. The van der Waals surface area contributed by atoms with E-state index in [1.165, 1.54) is 0 Å². The molecule has 1 saturated heterocycles. The monoisotopic (exact) mass is 318 g/mol. The van der Waals surface area contributed by atoms with E-state index in [4.69, 9.17) is 4.74 Å². The van der Waals surface area contributed by atoms with Crippen LogP contribution in [0.2, 0.25) is 0 Å². The first kappa shape index (κ1) is 16.3. The Morgan fingerprint density at radius 2 is 2.04 bits per heavy atom. The molecule has 1 aromatic heterocycles. The Kier molecular flexibility index (Phi) is 5.23. The summed E-state index contributed by atoms with van der Waals surface area (Å²) in [6.45, 7) is 9.65. The predicted octanol–water partition coefficient (Wildman–Crippen LogP) is 1.68. The van der Waals surface area contributed by atoms with E-state index in [1.54, 1.807) is 0 Å². The first-order valence-corrected chi connectivity index (χ1v) is 8.58. The third-order valence-corrected chi connectivity index (χ3v) is 4.56. The number of nitrogens with one attached hydrogen (secondary N) is 1. The van der Waals surface area contributed by atoms with Crippen LogP contribution in [0, 0.1) is 12.8 Å². The maximum Gasteiger partial charge on any atom is 0.223 e. The topological polar surface area (TPSA) is 67.3 Å². The number of ether oxygens (including phenoxy) is 1. The minimum absolute atomic E-state index is 0.190. The fourth-order valence-corrected chi connectivity index (χ4v) is 3.37. The second-order valence-electron chi connectivity index (χ2n) is 6.63. The Balaban J connectivity index is 1.55. The molecule has 0 aromatic carbocycles. The van der Waals surface area contributed by atoms with Gasteiger partial charge in [-0.1, -0.05) is 6.92 Å². The van der Waals surface area contributed by atoms with Gasteiger partial charge in [0.05, 0.1) is 30.2 Å². The first-order valence-electron chi connectivity index (χ1n) is 8.58. The summed E-state index contributed by atoms with van der Waals surface area (Å²) in [5, 5.41) is 3.31. The van der Waals surface area contributed by atoms with Crippen molar-refractivity contribution in [2.75, 3.05) is 44.7 Å². The summed E-state index contributed by atoms with van der Waals surface area (Å²) in [4.78, 5) is 23.6. The average Bonchev–Trinajstić information content (AvgIpc) is 2.51. The van der Waals surface area contributed by atoms with Gasteiger partial charge in [-0.2, -0.15) is 0 Å². The first-order chi connectivity index (χ1) is 11.1. The van der Waals surface area contributed by atoms with Gasteiger partial charge < -0.3 is 10.1 Å². The van der Waals surface area contributed by atoms with Crippen molar-refractivity contribution in [3.8, 4) is 0 Å². The van der Waals surface area contributed by atoms with Crippen LogP contribution in [0.4, 0.5) is 5.95 Å². The molecule has 1 unspecified atom stereocenters. The molecular weight excluding hydrogens is 292 g/mol. The summed E-state index contributed by atoms with van der Waals surface area (Å²) in [6, 6.07) is 0. The fourth-order valence-electron chi connectivity index (χ4n) is 3.37. The van der Waals surface area contributed by atoms with Crippen LogP contribution in [0.1, 0.15) is 41.5 Å². The Hall–Kier alpha value is -1.53. The van der Waals surface area contributed by atoms with Gasteiger partial charge in [-0.05, 0) is 32.2 Å². The van der Waals surface area contributed by atoms with Gasteiger partial charge in [0.2, 0.25) is 5.95 Å². The molecular formula is C17H26N4O2. The minimum Gasteiger partial charge on any atom is -0.379 e. The number of hydrogen-bond acceptors (Lipinski definition) is 6. The summed E-state index contributed by atoms with van der Waals surface area (Å²) in [6.07, 6.45) is 2.53. The lowest BCUT2D eigenvalue weighted by Crippen LogP contribution is -2.37. The van der Waals surface area contributed by atoms with E-state index in [0.717, 1.165) is 69.2 Å². The second kappa shape index (κ2) is 7.36. The van der Waals surface area contributed by atoms with Gasteiger partial charge >= 0.3 is 0 Å². The molecule has 1 aliphatic heterocycles. The molecule has 2 aliphatic rings. The van der Waals surface area contributed by atoms with Gasteiger partial charge in [-0.25, -0.2) is 9.97 Å². The van der Waals surface area contributed by atoms with Crippen LogP contribution in [0.25, 0.3) is 0 Å². The van der Waals surface area contributed by atoms with Crippen molar-refractivity contribution in [2.24, 2.45) is 5.92 Å². The van der Waals surface area contributed by atoms with E-state index in [9.17, 15) is 4.79 Å². The summed E-state index contributed by atoms with van der Waals surface area (Å²) in [7, 11) is 0. The SMILES string of the molecule is Cc1nc(NCCCN2CCOCC2)nc2c1C(=O)CC(C)C2.